The van der Waals surface area contributed by atoms with E-state index in [1.807, 2.05) is 24.3 Å². The largest absolute Gasteiger partial charge is 0.497 e. The van der Waals surface area contributed by atoms with Crippen molar-refractivity contribution in [1.82, 2.24) is 0 Å². The van der Waals surface area contributed by atoms with Crippen molar-refractivity contribution in [2.75, 3.05) is 21.3 Å². The van der Waals surface area contributed by atoms with Crippen LogP contribution in [0.1, 0.15) is 35.6 Å². The molecule has 0 N–H and O–H groups in total. The number of benzene rings is 2. The predicted molar refractivity (Wildman–Crippen MR) is 89.1 cm³/mol. The molecule has 0 aliphatic carbocycles. The molecule has 3 rings (SSSR count). The summed E-state index contributed by atoms with van der Waals surface area (Å²) in [5, 5.41) is 0. The van der Waals surface area contributed by atoms with Crippen molar-refractivity contribution in [2.45, 2.75) is 25.9 Å². The topological polar surface area (TPSA) is 36.9 Å². The van der Waals surface area contributed by atoms with Gasteiger partial charge in [-0.25, -0.2) is 0 Å². The number of aryl methyl sites for hydroxylation is 1. The average molecular weight is 314 g/mol. The highest BCUT2D eigenvalue weighted by Gasteiger charge is 2.34. The first-order chi connectivity index (χ1) is 11.1. The molecule has 2 aromatic rings. The van der Waals surface area contributed by atoms with E-state index in [1.54, 1.807) is 21.3 Å². The Morgan fingerprint density at radius 3 is 2.30 bits per heavy atom. The molecule has 23 heavy (non-hydrogen) atoms. The lowest BCUT2D eigenvalue weighted by Crippen LogP contribution is -2.08. The van der Waals surface area contributed by atoms with Crippen molar-refractivity contribution in [2.24, 2.45) is 0 Å². The van der Waals surface area contributed by atoms with Crippen LogP contribution in [-0.4, -0.2) is 21.3 Å². The fourth-order valence-corrected chi connectivity index (χ4v) is 3.31. The third-order valence-corrected chi connectivity index (χ3v) is 4.46. The molecule has 4 heteroatoms. The van der Waals surface area contributed by atoms with Crippen molar-refractivity contribution in [3.8, 4) is 23.0 Å². The first-order valence-corrected chi connectivity index (χ1v) is 7.66. The highest BCUT2D eigenvalue weighted by Crippen LogP contribution is 2.49. The zero-order valence-corrected chi connectivity index (χ0v) is 14.2. The van der Waals surface area contributed by atoms with Crippen LogP contribution in [0, 0.1) is 6.92 Å². The van der Waals surface area contributed by atoms with Crippen LogP contribution in [0.15, 0.2) is 30.3 Å². The van der Waals surface area contributed by atoms with E-state index in [1.165, 1.54) is 11.1 Å². The summed E-state index contributed by atoms with van der Waals surface area (Å²) in [6.07, 6.45) is -0.0457. The summed E-state index contributed by atoms with van der Waals surface area (Å²) in [4.78, 5) is 0. The maximum atomic E-state index is 6.23. The van der Waals surface area contributed by atoms with Gasteiger partial charge in [-0.05, 0) is 36.2 Å². The third-order valence-electron chi connectivity index (χ3n) is 4.46. The standard InChI is InChI=1S/C19H22O4/c1-11-8-14(20-3)10-17-18(11)12(2)19(23-17)13-6-7-15(21-4)16(9-13)22-5/h6-10,12,19H,1-5H3/t12-,19-/m1/s1. The summed E-state index contributed by atoms with van der Waals surface area (Å²) >= 11 is 0. The van der Waals surface area contributed by atoms with Gasteiger partial charge in [-0.15, -0.1) is 0 Å². The molecule has 122 valence electrons. The first kappa shape index (κ1) is 15.5. The van der Waals surface area contributed by atoms with Crippen LogP contribution in [0.25, 0.3) is 0 Å². The van der Waals surface area contributed by atoms with Gasteiger partial charge in [-0.2, -0.15) is 0 Å². The molecule has 2 aromatic carbocycles. The molecule has 0 saturated carbocycles. The number of ether oxygens (including phenoxy) is 4. The third kappa shape index (κ3) is 2.58. The quantitative estimate of drug-likeness (QED) is 0.845. The Morgan fingerprint density at radius 1 is 0.913 bits per heavy atom. The van der Waals surface area contributed by atoms with Crippen LogP contribution in [-0.2, 0) is 0 Å². The van der Waals surface area contributed by atoms with E-state index >= 15 is 0 Å². The van der Waals surface area contributed by atoms with Gasteiger partial charge in [0.25, 0.3) is 0 Å². The second-order valence-corrected chi connectivity index (χ2v) is 5.80. The average Bonchev–Trinajstić information content (AvgIpc) is 2.91. The fourth-order valence-electron chi connectivity index (χ4n) is 3.31. The summed E-state index contributed by atoms with van der Waals surface area (Å²) in [5.74, 6) is 3.41. The zero-order valence-electron chi connectivity index (χ0n) is 14.2. The van der Waals surface area contributed by atoms with Crippen molar-refractivity contribution in [1.29, 1.82) is 0 Å². The Morgan fingerprint density at radius 2 is 1.65 bits per heavy atom. The molecular formula is C19H22O4. The second-order valence-electron chi connectivity index (χ2n) is 5.80. The van der Waals surface area contributed by atoms with Gasteiger partial charge in [-0.3, -0.25) is 0 Å². The number of hydrogen-bond acceptors (Lipinski definition) is 4. The lowest BCUT2D eigenvalue weighted by molar-refractivity contribution is 0.214. The lowest BCUT2D eigenvalue weighted by atomic mass is 9.90. The molecular weight excluding hydrogens is 292 g/mol. The number of fused-ring (bicyclic) bond motifs is 1. The van der Waals surface area contributed by atoms with Crippen molar-refractivity contribution >= 4 is 0 Å². The number of rotatable bonds is 4. The first-order valence-electron chi connectivity index (χ1n) is 7.66. The Labute approximate surface area is 136 Å². The summed E-state index contributed by atoms with van der Waals surface area (Å²) < 4.78 is 22.3. The van der Waals surface area contributed by atoms with Crippen molar-refractivity contribution in [3.05, 3.63) is 47.0 Å². The smallest absolute Gasteiger partial charge is 0.161 e. The normalized spacial score (nSPS) is 19.0. The summed E-state index contributed by atoms with van der Waals surface area (Å²) in [6.45, 7) is 4.28. The van der Waals surface area contributed by atoms with Crippen LogP contribution in [0.2, 0.25) is 0 Å². The molecule has 0 unspecified atom stereocenters. The minimum Gasteiger partial charge on any atom is -0.497 e. The molecule has 0 saturated heterocycles. The Hall–Kier alpha value is -2.36. The summed E-state index contributed by atoms with van der Waals surface area (Å²) in [6, 6.07) is 9.94. The van der Waals surface area contributed by atoms with Crippen molar-refractivity contribution < 1.29 is 18.9 Å². The minimum absolute atomic E-state index is 0.0457. The van der Waals surface area contributed by atoms with Gasteiger partial charge in [-0.1, -0.05) is 13.0 Å². The monoisotopic (exact) mass is 314 g/mol. The molecule has 0 fully saturated rings. The molecule has 4 nitrogen and oxygen atoms in total. The van der Waals surface area contributed by atoms with Gasteiger partial charge in [0.2, 0.25) is 0 Å². The molecule has 2 atom stereocenters. The number of hydrogen-bond donors (Lipinski definition) is 0. The van der Waals surface area contributed by atoms with Gasteiger partial charge >= 0.3 is 0 Å². The summed E-state index contributed by atoms with van der Waals surface area (Å²) in [7, 11) is 4.95. The predicted octanol–water partition coefficient (Wildman–Crippen LogP) is 4.26. The van der Waals surface area contributed by atoms with Crippen LogP contribution >= 0.6 is 0 Å². The molecule has 1 heterocycles. The van der Waals surface area contributed by atoms with Gasteiger partial charge < -0.3 is 18.9 Å². The van der Waals surface area contributed by atoms with E-state index in [-0.39, 0.29) is 12.0 Å². The maximum absolute atomic E-state index is 6.23. The van der Waals surface area contributed by atoms with Crippen molar-refractivity contribution in [3.63, 3.8) is 0 Å². The van der Waals surface area contributed by atoms with Gasteiger partial charge in [0.05, 0.1) is 21.3 Å². The second kappa shape index (κ2) is 6.03. The van der Waals surface area contributed by atoms with Gasteiger partial charge in [0.1, 0.15) is 17.6 Å². The molecule has 0 aromatic heterocycles. The Kier molecular flexibility index (Phi) is 4.07. The summed E-state index contributed by atoms with van der Waals surface area (Å²) in [5.41, 5.74) is 3.50. The minimum atomic E-state index is -0.0457. The zero-order chi connectivity index (χ0) is 16.6. The van der Waals surface area contributed by atoms with E-state index < -0.39 is 0 Å². The Balaban J connectivity index is 1.99. The van der Waals surface area contributed by atoms with Gasteiger partial charge in [0.15, 0.2) is 11.5 Å². The Bertz CT molecular complexity index is 724. The molecule has 0 radical (unpaired) electrons. The van der Waals surface area contributed by atoms with E-state index in [2.05, 4.69) is 19.9 Å². The maximum Gasteiger partial charge on any atom is 0.161 e. The fraction of sp³-hybridized carbons (Fsp3) is 0.368. The van der Waals surface area contributed by atoms with E-state index in [0.717, 1.165) is 22.8 Å². The molecule has 1 aliphatic rings. The van der Waals surface area contributed by atoms with E-state index in [0.29, 0.717) is 5.75 Å². The lowest BCUT2D eigenvalue weighted by Gasteiger charge is -2.18. The van der Waals surface area contributed by atoms with E-state index in [9.17, 15) is 0 Å². The highest BCUT2D eigenvalue weighted by atomic mass is 16.5. The molecule has 0 spiro atoms. The molecule has 0 bridgehead atoms. The van der Waals surface area contributed by atoms with Crippen LogP contribution in [0.4, 0.5) is 0 Å². The number of methoxy groups -OCH3 is 3. The van der Waals surface area contributed by atoms with Crippen LogP contribution < -0.4 is 18.9 Å². The van der Waals surface area contributed by atoms with Crippen LogP contribution in [0.5, 0.6) is 23.0 Å². The highest BCUT2D eigenvalue weighted by molar-refractivity contribution is 5.53. The van der Waals surface area contributed by atoms with Gasteiger partial charge in [0, 0.05) is 17.5 Å². The van der Waals surface area contributed by atoms with Crippen LogP contribution in [0.3, 0.4) is 0 Å². The molecule has 0 amide bonds. The SMILES string of the molecule is COc1cc(C)c2c(c1)O[C@@H](c1ccc(OC)c(OC)c1)[C@@H]2C. The molecule has 1 aliphatic heterocycles. The van der Waals surface area contributed by atoms with E-state index in [4.69, 9.17) is 18.9 Å².